The van der Waals surface area contributed by atoms with Crippen LogP contribution in [0.3, 0.4) is 0 Å². The van der Waals surface area contributed by atoms with E-state index in [9.17, 15) is 0 Å². The molecule has 2 heteroatoms. The number of nitrogens with one attached hydrogen (secondary N) is 1. The summed E-state index contributed by atoms with van der Waals surface area (Å²) >= 11 is 0. The van der Waals surface area contributed by atoms with Crippen molar-refractivity contribution in [1.82, 2.24) is 5.32 Å². The van der Waals surface area contributed by atoms with Crippen LogP contribution in [0.5, 0.6) is 5.75 Å². The second kappa shape index (κ2) is 6.79. The lowest BCUT2D eigenvalue weighted by Crippen LogP contribution is -2.30. The Morgan fingerprint density at radius 2 is 1.83 bits per heavy atom. The third-order valence-corrected chi connectivity index (χ3v) is 3.58. The lowest BCUT2D eigenvalue weighted by molar-refractivity contribution is 0.384. The average Bonchev–Trinajstić information content (AvgIpc) is 2.34. The molecule has 102 valence electrons. The third kappa shape index (κ3) is 4.02. The van der Waals surface area contributed by atoms with Gasteiger partial charge >= 0.3 is 0 Å². The first-order chi connectivity index (χ1) is 8.45. The zero-order chi connectivity index (χ0) is 13.7. The number of aryl methyl sites for hydroxylation is 1. The van der Waals surface area contributed by atoms with Crippen LogP contribution in [-0.4, -0.2) is 19.7 Å². The second-order valence-electron chi connectivity index (χ2n) is 5.57. The van der Waals surface area contributed by atoms with Gasteiger partial charge in [0.05, 0.1) is 7.11 Å². The van der Waals surface area contributed by atoms with Crippen molar-refractivity contribution >= 4 is 0 Å². The topological polar surface area (TPSA) is 21.3 Å². The highest BCUT2D eigenvalue weighted by Gasteiger charge is 2.18. The van der Waals surface area contributed by atoms with E-state index in [1.54, 1.807) is 7.11 Å². The lowest BCUT2D eigenvalue weighted by Gasteiger charge is -2.24. The Morgan fingerprint density at radius 3 is 2.39 bits per heavy atom. The van der Waals surface area contributed by atoms with Crippen LogP contribution in [0.15, 0.2) is 18.2 Å². The first kappa shape index (κ1) is 15.0. The van der Waals surface area contributed by atoms with E-state index in [0.717, 1.165) is 12.3 Å². The molecule has 1 N–H and O–H groups in total. The molecular formula is C16H27NO. The number of benzene rings is 1. The first-order valence-electron chi connectivity index (χ1n) is 6.83. The summed E-state index contributed by atoms with van der Waals surface area (Å²) in [6, 6.07) is 6.96. The molecular weight excluding hydrogens is 222 g/mol. The summed E-state index contributed by atoms with van der Waals surface area (Å²) in [6.07, 6.45) is 0. The Labute approximate surface area is 112 Å². The van der Waals surface area contributed by atoms with Crippen molar-refractivity contribution in [1.29, 1.82) is 0 Å². The van der Waals surface area contributed by atoms with E-state index in [2.05, 4.69) is 58.1 Å². The molecule has 0 saturated heterocycles. The maximum atomic E-state index is 5.48. The largest absolute Gasteiger partial charge is 0.496 e. The summed E-state index contributed by atoms with van der Waals surface area (Å²) in [7, 11) is 1.75. The van der Waals surface area contributed by atoms with Crippen LogP contribution in [0.25, 0.3) is 0 Å². The van der Waals surface area contributed by atoms with Crippen LogP contribution >= 0.6 is 0 Å². The number of methoxy groups -OCH3 is 1. The van der Waals surface area contributed by atoms with Crippen molar-refractivity contribution in [3.63, 3.8) is 0 Å². The summed E-state index contributed by atoms with van der Waals surface area (Å²) in [5.41, 5.74) is 2.61. The summed E-state index contributed by atoms with van der Waals surface area (Å²) in [5.74, 6) is 2.08. The van der Waals surface area contributed by atoms with Crippen LogP contribution in [-0.2, 0) is 0 Å². The van der Waals surface area contributed by atoms with Crippen molar-refractivity contribution in [2.24, 2.45) is 5.92 Å². The highest BCUT2D eigenvalue weighted by atomic mass is 16.5. The Balaban J connectivity index is 2.81. The third-order valence-electron chi connectivity index (χ3n) is 3.58. The van der Waals surface area contributed by atoms with E-state index in [4.69, 9.17) is 4.74 Å². The Morgan fingerprint density at radius 1 is 1.17 bits per heavy atom. The van der Waals surface area contributed by atoms with Crippen molar-refractivity contribution in [3.05, 3.63) is 29.3 Å². The van der Waals surface area contributed by atoms with Gasteiger partial charge in [0.15, 0.2) is 0 Å². The molecule has 0 saturated carbocycles. The van der Waals surface area contributed by atoms with Crippen molar-refractivity contribution in [3.8, 4) is 5.75 Å². The van der Waals surface area contributed by atoms with Gasteiger partial charge in [0.2, 0.25) is 0 Å². The highest BCUT2D eigenvalue weighted by Crippen LogP contribution is 2.32. The summed E-state index contributed by atoms with van der Waals surface area (Å²) < 4.78 is 5.48. The molecule has 0 aliphatic heterocycles. The van der Waals surface area contributed by atoms with Crippen LogP contribution in [0.2, 0.25) is 0 Å². The molecule has 0 aliphatic carbocycles. The van der Waals surface area contributed by atoms with E-state index in [-0.39, 0.29) is 0 Å². The Bertz CT molecular complexity index is 373. The van der Waals surface area contributed by atoms with Crippen LogP contribution in [0.1, 0.15) is 44.7 Å². The summed E-state index contributed by atoms with van der Waals surface area (Å²) in [4.78, 5) is 0. The van der Waals surface area contributed by atoms with E-state index in [0.29, 0.717) is 17.9 Å². The summed E-state index contributed by atoms with van der Waals surface area (Å²) in [6.45, 7) is 12.1. The zero-order valence-corrected chi connectivity index (χ0v) is 12.6. The van der Waals surface area contributed by atoms with Gasteiger partial charge < -0.3 is 10.1 Å². The molecule has 0 bridgehead atoms. The number of hydrogen-bond donors (Lipinski definition) is 1. The van der Waals surface area contributed by atoms with Crippen molar-refractivity contribution in [2.75, 3.05) is 13.7 Å². The van der Waals surface area contributed by atoms with Crippen LogP contribution in [0, 0.1) is 12.8 Å². The SMILES string of the molecule is COc1ccc(C)cc1C(C)C(C)CNC(C)C. The van der Waals surface area contributed by atoms with E-state index < -0.39 is 0 Å². The van der Waals surface area contributed by atoms with Gasteiger partial charge in [-0.2, -0.15) is 0 Å². The quantitative estimate of drug-likeness (QED) is 0.829. The fraction of sp³-hybridized carbons (Fsp3) is 0.625. The number of ether oxygens (including phenoxy) is 1. The molecule has 1 aromatic rings. The highest BCUT2D eigenvalue weighted by molar-refractivity contribution is 5.39. The van der Waals surface area contributed by atoms with Crippen LogP contribution < -0.4 is 10.1 Å². The molecule has 2 nitrogen and oxygen atoms in total. The number of rotatable bonds is 6. The second-order valence-corrected chi connectivity index (χ2v) is 5.57. The molecule has 0 radical (unpaired) electrons. The average molecular weight is 249 g/mol. The van der Waals surface area contributed by atoms with E-state index in [1.807, 2.05) is 0 Å². The van der Waals surface area contributed by atoms with Gasteiger partial charge in [-0.25, -0.2) is 0 Å². The molecule has 0 amide bonds. The standard InChI is InChI=1S/C16H27NO/c1-11(2)17-10-13(4)14(5)15-9-12(3)7-8-16(15)18-6/h7-9,11,13-14,17H,10H2,1-6H3. The van der Waals surface area contributed by atoms with E-state index >= 15 is 0 Å². The Kier molecular flexibility index (Phi) is 5.67. The smallest absolute Gasteiger partial charge is 0.122 e. The van der Waals surface area contributed by atoms with Crippen LogP contribution in [0.4, 0.5) is 0 Å². The van der Waals surface area contributed by atoms with Gasteiger partial charge in [0, 0.05) is 6.04 Å². The first-order valence-corrected chi connectivity index (χ1v) is 6.83. The molecule has 0 aromatic heterocycles. The molecule has 0 fully saturated rings. The fourth-order valence-corrected chi connectivity index (χ4v) is 2.11. The minimum atomic E-state index is 0.492. The fourth-order valence-electron chi connectivity index (χ4n) is 2.11. The van der Waals surface area contributed by atoms with E-state index in [1.165, 1.54) is 11.1 Å². The molecule has 0 spiro atoms. The van der Waals surface area contributed by atoms with Gasteiger partial charge in [-0.3, -0.25) is 0 Å². The molecule has 2 unspecified atom stereocenters. The lowest BCUT2D eigenvalue weighted by atomic mass is 9.87. The predicted molar refractivity (Wildman–Crippen MR) is 78.4 cm³/mol. The van der Waals surface area contributed by atoms with Gasteiger partial charge in [-0.05, 0) is 36.9 Å². The normalized spacial score (nSPS) is 14.6. The van der Waals surface area contributed by atoms with Gasteiger partial charge in [0.1, 0.15) is 5.75 Å². The van der Waals surface area contributed by atoms with Gasteiger partial charge in [0.25, 0.3) is 0 Å². The molecule has 0 heterocycles. The zero-order valence-electron chi connectivity index (χ0n) is 12.6. The predicted octanol–water partition coefficient (Wildman–Crippen LogP) is 3.74. The molecule has 18 heavy (non-hydrogen) atoms. The molecule has 1 rings (SSSR count). The monoisotopic (exact) mass is 249 g/mol. The maximum Gasteiger partial charge on any atom is 0.122 e. The molecule has 0 aliphatic rings. The van der Waals surface area contributed by atoms with Gasteiger partial charge in [-0.1, -0.05) is 45.4 Å². The minimum Gasteiger partial charge on any atom is -0.496 e. The molecule has 2 atom stereocenters. The van der Waals surface area contributed by atoms with Crippen molar-refractivity contribution < 1.29 is 4.74 Å². The van der Waals surface area contributed by atoms with Gasteiger partial charge in [-0.15, -0.1) is 0 Å². The minimum absolute atomic E-state index is 0.492. The van der Waals surface area contributed by atoms with Crippen molar-refractivity contribution in [2.45, 2.75) is 46.6 Å². The summed E-state index contributed by atoms with van der Waals surface area (Å²) in [5, 5.41) is 3.51. The number of hydrogen-bond acceptors (Lipinski definition) is 2. The Hall–Kier alpha value is -1.02. The molecule has 1 aromatic carbocycles. The maximum absolute atomic E-state index is 5.48.